The molecule has 1 aromatic carbocycles. The Labute approximate surface area is 122 Å². The van der Waals surface area contributed by atoms with Gasteiger partial charge in [0.25, 0.3) is 0 Å². The molecule has 0 aliphatic heterocycles. The van der Waals surface area contributed by atoms with E-state index in [2.05, 4.69) is 27.5 Å². The van der Waals surface area contributed by atoms with Crippen molar-refractivity contribution < 1.29 is 5.11 Å². The molecule has 2 heterocycles. The molecule has 0 bridgehead atoms. The molecular formula is C15H17N5O. The van der Waals surface area contributed by atoms with Gasteiger partial charge < -0.3 is 5.11 Å². The van der Waals surface area contributed by atoms with Crippen LogP contribution < -0.4 is 0 Å². The number of hydrogen-bond donors (Lipinski definition) is 1. The molecule has 1 N–H and O–H groups in total. The first-order valence-corrected chi connectivity index (χ1v) is 6.94. The number of aromatic nitrogens is 5. The third-order valence-corrected chi connectivity index (χ3v) is 3.23. The summed E-state index contributed by atoms with van der Waals surface area (Å²) in [6.07, 6.45) is 7.08. The molecule has 3 aromatic rings. The van der Waals surface area contributed by atoms with Crippen LogP contribution in [0.15, 0.2) is 48.9 Å². The van der Waals surface area contributed by atoms with E-state index >= 15 is 0 Å². The largest absolute Gasteiger partial charge is 0.396 e. The third-order valence-electron chi connectivity index (χ3n) is 3.23. The van der Waals surface area contributed by atoms with Crippen LogP contribution in [0.4, 0.5) is 0 Å². The van der Waals surface area contributed by atoms with Crippen molar-refractivity contribution in [1.29, 1.82) is 0 Å². The number of aryl methyl sites for hydroxylation is 1. The van der Waals surface area contributed by atoms with Crippen molar-refractivity contribution in [3.05, 3.63) is 60.2 Å². The van der Waals surface area contributed by atoms with Crippen molar-refractivity contribution >= 4 is 0 Å². The fraction of sp³-hybridized carbons (Fsp3) is 0.267. The molecule has 6 heteroatoms. The smallest absolute Gasteiger partial charge is 0.0828 e. The maximum absolute atomic E-state index is 8.81. The van der Waals surface area contributed by atoms with Crippen LogP contribution in [0.25, 0.3) is 5.69 Å². The topological polar surface area (TPSA) is 68.8 Å². The average molecular weight is 283 g/mol. The first kappa shape index (κ1) is 13.5. The van der Waals surface area contributed by atoms with Crippen LogP contribution in [0.3, 0.4) is 0 Å². The zero-order chi connectivity index (χ0) is 14.5. The van der Waals surface area contributed by atoms with E-state index in [0.29, 0.717) is 6.54 Å². The van der Waals surface area contributed by atoms with E-state index in [1.165, 1.54) is 0 Å². The Kier molecular flexibility index (Phi) is 4.07. The highest BCUT2D eigenvalue weighted by Crippen LogP contribution is 2.10. The summed E-state index contributed by atoms with van der Waals surface area (Å²) in [7, 11) is 0. The van der Waals surface area contributed by atoms with Gasteiger partial charge in [-0.3, -0.25) is 0 Å². The minimum atomic E-state index is 0.182. The minimum absolute atomic E-state index is 0.182. The summed E-state index contributed by atoms with van der Waals surface area (Å²) >= 11 is 0. The van der Waals surface area contributed by atoms with Crippen LogP contribution in [0.2, 0.25) is 0 Å². The zero-order valence-electron chi connectivity index (χ0n) is 11.6. The quantitative estimate of drug-likeness (QED) is 0.743. The summed E-state index contributed by atoms with van der Waals surface area (Å²) in [6.45, 7) is 0.868. The predicted molar refractivity (Wildman–Crippen MR) is 78.1 cm³/mol. The van der Waals surface area contributed by atoms with Gasteiger partial charge in [0, 0.05) is 25.2 Å². The Balaban J connectivity index is 1.66. The molecule has 0 spiro atoms. The summed E-state index contributed by atoms with van der Waals surface area (Å²) in [5.41, 5.74) is 3.10. The van der Waals surface area contributed by atoms with Gasteiger partial charge >= 0.3 is 0 Å². The number of benzene rings is 1. The van der Waals surface area contributed by atoms with E-state index < -0.39 is 0 Å². The molecule has 108 valence electrons. The van der Waals surface area contributed by atoms with E-state index in [1.807, 2.05) is 40.0 Å². The van der Waals surface area contributed by atoms with Crippen molar-refractivity contribution in [2.24, 2.45) is 0 Å². The first-order chi connectivity index (χ1) is 10.3. The van der Waals surface area contributed by atoms with Crippen LogP contribution in [0, 0.1) is 0 Å². The van der Waals surface area contributed by atoms with Crippen molar-refractivity contribution in [2.45, 2.75) is 19.4 Å². The Bertz CT molecular complexity index is 672. The van der Waals surface area contributed by atoms with Crippen LogP contribution in [-0.4, -0.2) is 36.5 Å². The van der Waals surface area contributed by atoms with Gasteiger partial charge in [-0.05, 0) is 36.6 Å². The highest BCUT2D eigenvalue weighted by Gasteiger charge is 2.02. The second-order valence-electron chi connectivity index (χ2n) is 4.85. The van der Waals surface area contributed by atoms with Crippen LogP contribution >= 0.6 is 0 Å². The van der Waals surface area contributed by atoms with Crippen molar-refractivity contribution in [3.8, 4) is 5.69 Å². The Morgan fingerprint density at radius 2 is 2.00 bits per heavy atom. The van der Waals surface area contributed by atoms with Crippen molar-refractivity contribution in [2.75, 3.05) is 6.61 Å². The molecule has 0 radical (unpaired) electrons. The maximum Gasteiger partial charge on any atom is 0.0828 e. The van der Waals surface area contributed by atoms with Gasteiger partial charge in [0.2, 0.25) is 0 Å². The molecule has 0 saturated heterocycles. The van der Waals surface area contributed by atoms with E-state index in [0.717, 1.165) is 29.8 Å². The van der Waals surface area contributed by atoms with E-state index in [1.54, 1.807) is 6.20 Å². The van der Waals surface area contributed by atoms with Gasteiger partial charge in [-0.2, -0.15) is 5.10 Å². The fourth-order valence-electron chi connectivity index (χ4n) is 2.15. The minimum Gasteiger partial charge on any atom is -0.396 e. The monoisotopic (exact) mass is 283 g/mol. The normalized spacial score (nSPS) is 10.9. The molecule has 0 aliphatic carbocycles. The summed E-state index contributed by atoms with van der Waals surface area (Å²) in [5, 5.41) is 21.2. The molecule has 0 atom stereocenters. The predicted octanol–water partition coefficient (Wildman–Crippen LogP) is 1.44. The van der Waals surface area contributed by atoms with Gasteiger partial charge in [0.05, 0.1) is 17.9 Å². The van der Waals surface area contributed by atoms with Gasteiger partial charge in [-0.25, -0.2) is 9.36 Å². The fourth-order valence-corrected chi connectivity index (χ4v) is 2.15. The lowest BCUT2D eigenvalue weighted by Crippen LogP contribution is -2.01. The van der Waals surface area contributed by atoms with Crippen LogP contribution in [-0.2, 0) is 13.0 Å². The molecule has 0 saturated carbocycles. The molecule has 0 unspecified atom stereocenters. The Morgan fingerprint density at radius 3 is 2.71 bits per heavy atom. The summed E-state index contributed by atoms with van der Waals surface area (Å²) in [4.78, 5) is 0. The van der Waals surface area contributed by atoms with E-state index in [4.69, 9.17) is 5.11 Å². The number of aliphatic hydroxyl groups excluding tert-OH is 1. The molecule has 3 rings (SSSR count). The molecule has 0 aliphatic rings. The summed E-state index contributed by atoms with van der Waals surface area (Å²) in [5.74, 6) is 0. The second kappa shape index (κ2) is 6.32. The van der Waals surface area contributed by atoms with Gasteiger partial charge in [0.1, 0.15) is 0 Å². The SMILES string of the molecule is OCCCc1cn(Cc2ccc(-n3cccn3)cc2)nn1. The first-order valence-electron chi connectivity index (χ1n) is 6.94. The maximum atomic E-state index is 8.81. The second-order valence-corrected chi connectivity index (χ2v) is 4.85. The van der Waals surface area contributed by atoms with Gasteiger partial charge in [0.15, 0.2) is 0 Å². The van der Waals surface area contributed by atoms with E-state index in [-0.39, 0.29) is 6.61 Å². The molecule has 0 amide bonds. The lowest BCUT2D eigenvalue weighted by atomic mass is 10.2. The number of hydrogen-bond acceptors (Lipinski definition) is 4. The zero-order valence-corrected chi connectivity index (χ0v) is 11.6. The van der Waals surface area contributed by atoms with Gasteiger partial charge in [-0.15, -0.1) is 5.10 Å². The van der Waals surface area contributed by atoms with Gasteiger partial charge in [-0.1, -0.05) is 17.3 Å². The van der Waals surface area contributed by atoms with Crippen LogP contribution in [0.5, 0.6) is 0 Å². The lowest BCUT2D eigenvalue weighted by Gasteiger charge is -2.04. The highest BCUT2D eigenvalue weighted by molar-refractivity contribution is 5.33. The standard InChI is InChI=1S/C15H17N5O/c21-10-1-3-14-12-19(18-17-14)11-13-4-6-15(7-5-13)20-9-2-8-16-20/h2,4-9,12,21H,1,3,10-11H2. The summed E-state index contributed by atoms with van der Waals surface area (Å²) < 4.78 is 3.64. The lowest BCUT2D eigenvalue weighted by molar-refractivity contribution is 0.288. The van der Waals surface area contributed by atoms with Crippen molar-refractivity contribution in [3.63, 3.8) is 0 Å². The summed E-state index contributed by atoms with van der Waals surface area (Å²) in [6, 6.07) is 10.1. The average Bonchev–Trinajstić information content (AvgIpc) is 3.17. The van der Waals surface area contributed by atoms with Crippen LogP contribution in [0.1, 0.15) is 17.7 Å². The molecule has 0 fully saturated rings. The Morgan fingerprint density at radius 1 is 1.14 bits per heavy atom. The number of aliphatic hydroxyl groups is 1. The molecular weight excluding hydrogens is 266 g/mol. The highest BCUT2D eigenvalue weighted by atomic mass is 16.2. The Hall–Kier alpha value is -2.47. The van der Waals surface area contributed by atoms with E-state index in [9.17, 15) is 0 Å². The third kappa shape index (κ3) is 3.35. The number of nitrogens with zero attached hydrogens (tertiary/aromatic N) is 5. The molecule has 2 aromatic heterocycles. The molecule has 6 nitrogen and oxygen atoms in total. The number of rotatable bonds is 6. The van der Waals surface area contributed by atoms with Crippen molar-refractivity contribution in [1.82, 2.24) is 24.8 Å². The molecule has 21 heavy (non-hydrogen) atoms.